The Labute approximate surface area is 191 Å². The minimum Gasteiger partial charge on any atom is -0.494 e. The van der Waals surface area contributed by atoms with Crippen molar-refractivity contribution in [3.63, 3.8) is 0 Å². The molecule has 4 rings (SSSR count). The van der Waals surface area contributed by atoms with E-state index >= 15 is 0 Å². The standard InChI is InChI=1S/C27H35N3O2/c1-6-32-23-12-9-21(10-13-23)19(4)27-28-24-16-22(29(5)26(31)15-18(2)3)11-14-25(24)30(27)17-20-7-8-20/h9-14,16,18-20H,6-8,15,17H2,1-5H3. The fourth-order valence-corrected chi connectivity index (χ4v) is 4.23. The van der Waals surface area contributed by atoms with Crippen molar-refractivity contribution < 1.29 is 9.53 Å². The van der Waals surface area contributed by atoms with Gasteiger partial charge in [0.1, 0.15) is 11.6 Å². The first kappa shape index (κ1) is 22.4. The van der Waals surface area contributed by atoms with Gasteiger partial charge in [-0.3, -0.25) is 4.79 Å². The Morgan fingerprint density at radius 2 is 1.88 bits per heavy atom. The average molecular weight is 434 g/mol. The maximum absolute atomic E-state index is 12.6. The first-order chi connectivity index (χ1) is 15.4. The van der Waals surface area contributed by atoms with E-state index < -0.39 is 0 Å². The smallest absolute Gasteiger partial charge is 0.226 e. The van der Waals surface area contributed by atoms with E-state index in [9.17, 15) is 4.79 Å². The summed E-state index contributed by atoms with van der Waals surface area (Å²) in [6.07, 6.45) is 3.13. The zero-order chi connectivity index (χ0) is 22.8. The number of aromatic nitrogens is 2. The number of carbonyl (C=O) groups is 1. The largest absolute Gasteiger partial charge is 0.494 e. The molecule has 1 unspecified atom stereocenters. The highest BCUT2D eigenvalue weighted by Gasteiger charge is 2.26. The van der Waals surface area contributed by atoms with E-state index in [1.807, 2.05) is 26.1 Å². The van der Waals surface area contributed by atoms with Crippen LogP contribution in [0.4, 0.5) is 5.69 Å². The number of ether oxygens (including phenoxy) is 1. The highest BCUT2D eigenvalue weighted by molar-refractivity contribution is 5.95. The lowest BCUT2D eigenvalue weighted by atomic mass is 10.00. The molecule has 1 atom stereocenters. The Bertz CT molecular complexity index is 1080. The molecule has 0 saturated heterocycles. The Hall–Kier alpha value is -2.82. The molecule has 1 aromatic heterocycles. The van der Waals surface area contributed by atoms with Crippen LogP contribution >= 0.6 is 0 Å². The molecule has 2 aromatic carbocycles. The van der Waals surface area contributed by atoms with Crippen molar-refractivity contribution in [2.75, 3.05) is 18.6 Å². The third-order valence-electron chi connectivity index (χ3n) is 6.32. The Morgan fingerprint density at radius 3 is 2.50 bits per heavy atom. The third kappa shape index (κ3) is 4.82. The van der Waals surface area contributed by atoms with Crippen molar-refractivity contribution in [2.45, 2.75) is 59.4 Å². The summed E-state index contributed by atoms with van der Waals surface area (Å²) in [6.45, 7) is 10.0. The molecule has 170 valence electrons. The lowest BCUT2D eigenvalue weighted by molar-refractivity contribution is -0.119. The van der Waals surface area contributed by atoms with E-state index in [2.05, 4.69) is 55.7 Å². The van der Waals surface area contributed by atoms with Crippen LogP contribution in [0.5, 0.6) is 5.75 Å². The van der Waals surface area contributed by atoms with Crippen LogP contribution in [0, 0.1) is 11.8 Å². The second kappa shape index (κ2) is 9.35. The Balaban J connectivity index is 1.68. The number of hydrogen-bond donors (Lipinski definition) is 0. The molecule has 1 amide bonds. The monoisotopic (exact) mass is 433 g/mol. The van der Waals surface area contributed by atoms with Crippen LogP contribution in [0.1, 0.15) is 64.3 Å². The molecule has 5 heteroatoms. The summed E-state index contributed by atoms with van der Waals surface area (Å²) in [5.74, 6) is 3.38. The molecule has 1 heterocycles. The van der Waals surface area contributed by atoms with Gasteiger partial charge in [0.25, 0.3) is 0 Å². The van der Waals surface area contributed by atoms with Crippen LogP contribution in [0.3, 0.4) is 0 Å². The fraction of sp³-hybridized carbons (Fsp3) is 0.481. The number of fused-ring (bicyclic) bond motifs is 1. The van der Waals surface area contributed by atoms with Gasteiger partial charge < -0.3 is 14.2 Å². The molecule has 1 aliphatic carbocycles. The normalized spacial score (nSPS) is 14.7. The summed E-state index contributed by atoms with van der Waals surface area (Å²) >= 11 is 0. The van der Waals surface area contributed by atoms with Crippen LogP contribution < -0.4 is 9.64 Å². The van der Waals surface area contributed by atoms with E-state index in [1.165, 1.54) is 18.4 Å². The predicted octanol–water partition coefficient (Wildman–Crippen LogP) is 6.01. The second-order valence-electron chi connectivity index (χ2n) is 9.47. The molecule has 1 fully saturated rings. The van der Waals surface area contributed by atoms with Crippen molar-refractivity contribution >= 4 is 22.6 Å². The number of rotatable bonds is 9. The molecule has 32 heavy (non-hydrogen) atoms. The first-order valence-electron chi connectivity index (χ1n) is 11.9. The fourth-order valence-electron chi connectivity index (χ4n) is 4.23. The van der Waals surface area contributed by atoms with Crippen LogP contribution in [0.2, 0.25) is 0 Å². The summed E-state index contributed by atoms with van der Waals surface area (Å²) < 4.78 is 8.00. The summed E-state index contributed by atoms with van der Waals surface area (Å²) in [5.41, 5.74) is 4.24. The predicted molar refractivity (Wildman–Crippen MR) is 130 cm³/mol. The average Bonchev–Trinajstić information content (AvgIpc) is 3.52. The number of anilines is 1. The lowest BCUT2D eigenvalue weighted by Crippen LogP contribution is -2.27. The van der Waals surface area contributed by atoms with Gasteiger partial charge in [-0.25, -0.2) is 4.98 Å². The van der Waals surface area contributed by atoms with E-state index in [0.29, 0.717) is 18.9 Å². The van der Waals surface area contributed by atoms with Gasteiger partial charge in [-0.15, -0.1) is 0 Å². The van der Waals surface area contributed by atoms with E-state index in [4.69, 9.17) is 9.72 Å². The number of amides is 1. The van der Waals surface area contributed by atoms with E-state index in [-0.39, 0.29) is 11.8 Å². The molecule has 0 aliphatic heterocycles. The van der Waals surface area contributed by atoms with E-state index in [1.54, 1.807) is 4.90 Å². The number of carbonyl (C=O) groups excluding carboxylic acids is 1. The summed E-state index contributed by atoms with van der Waals surface area (Å²) in [5, 5.41) is 0. The Kier molecular flexibility index (Phi) is 6.54. The molecule has 0 N–H and O–H groups in total. The van der Waals surface area contributed by atoms with Crippen LogP contribution in [-0.2, 0) is 11.3 Å². The number of hydrogen-bond acceptors (Lipinski definition) is 3. The molecule has 1 saturated carbocycles. The molecule has 5 nitrogen and oxygen atoms in total. The van der Waals surface area contributed by atoms with Gasteiger partial charge in [-0.1, -0.05) is 32.9 Å². The highest BCUT2D eigenvalue weighted by Crippen LogP contribution is 2.36. The second-order valence-corrected chi connectivity index (χ2v) is 9.47. The van der Waals surface area contributed by atoms with E-state index in [0.717, 1.165) is 40.8 Å². The van der Waals surface area contributed by atoms with Crippen LogP contribution in [0.15, 0.2) is 42.5 Å². The van der Waals surface area contributed by atoms with Crippen molar-refractivity contribution in [1.82, 2.24) is 9.55 Å². The van der Waals surface area contributed by atoms with Gasteiger partial charge in [0, 0.05) is 31.6 Å². The SMILES string of the molecule is CCOc1ccc(C(C)c2nc3cc(N(C)C(=O)CC(C)C)ccc3n2CC2CC2)cc1. The highest BCUT2D eigenvalue weighted by atomic mass is 16.5. The van der Waals surface area contributed by atoms with Crippen molar-refractivity contribution in [1.29, 1.82) is 0 Å². The van der Waals surface area contributed by atoms with Gasteiger partial charge in [-0.2, -0.15) is 0 Å². The maximum atomic E-state index is 12.6. The van der Waals surface area contributed by atoms with Gasteiger partial charge in [0.2, 0.25) is 5.91 Å². The van der Waals surface area contributed by atoms with Crippen molar-refractivity contribution in [3.05, 3.63) is 53.9 Å². The number of nitrogens with zero attached hydrogens (tertiary/aromatic N) is 3. The van der Waals surface area contributed by atoms with Gasteiger partial charge in [-0.05, 0) is 67.5 Å². The summed E-state index contributed by atoms with van der Waals surface area (Å²) in [4.78, 5) is 19.4. The molecule has 0 bridgehead atoms. The minimum absolute atomic E-state index is 0.139. The van der Waals surface area contributed by atoms with Gasteiger partial charge >= 0.3 is 0 Å². The summed E-state index contributed by atoms with van der Waals surface area (Å²) in [6, 6.07) is 14.6. The molecule has 3 aromatic rings. The molecular formula is C27H35N3O2. The zero-order valence-corrected chi connectivity index (χ0v) is 20.0. The van der Waals surface area contributed by atoms with Crippen molar-refractivity contribution in [2.24, 2.45) is 11.8 Å². The number of benzene rings is 2. The van der Waals surface area contributed by atoms with Crippen LogP contribution in [-0.4, -0.2) is 29.1 Å². The van der Waals surface area contributed by atoms with Gasteiger partial charge in [0.15, 0.2) is 0 Å². The lowest BCUT2D eigenvalue weighted by Gasteiger charge is -2.18. The van der Waals surface area contributed by atoms with Gasteiger partial charge in [0.05, 0.1) is 17.6 Å². The Morgan fingerprint density at radius 1 is 1.16 bits per heavy atom. The molecular weight excluding hydrogens is 398 g/mol. The quantitative estimate of drug-likeness (QED) is 0.415. The topological polar surface area (TPSA) is 47.4 Å². The molecule has 0 spiro atoms. The molecule has 1 aliphatic rings. The first-order valence-corrected chi connectivity index (χ1v) is 11.9. The summed E-state index contributed by atoms with van der Waals surface area (Å²) in [7, 11) is 1.86. The van der Waals surface area contributed by atoms with Crippen molar-refractivity contribution in [3.8, 4) is 5.75 Å². The molecule has 0 radical (unpaired) electrons. The maximum Gasteiger partial charge on any atom is 0.226 e. The van der Waals surface area contributed by atoms with Crippen LogP contribution in [0.25, 0.3) is 11.0 Å². The minimum atomic E-state index is 0.139. The zero-order valence-electron chi connectivity index (χ0n) is 20.0. The third-order valence-corrected chi connectivity index (χ3v) is 6.32. The number of imidazole rings is 1.